The zero-order valence-electron chi connectivity index (χ0n) is 20.4. The van der Waals surface area contributed by atoms with Gasteiger partial charge in [-0.15, -0.1) is 0 Å². The van der Waals surface area contributed by atoms with Crippen molar-refractivity contribution in [1.29, 1.82) is 5.26 Å². The molecular formula is C28H29N5O3. The van der Waals surface area contributed by atoms with Gasteiger partial charge in [-0.1, -0.05) is 12.1 Å². The number of nitriles is 1. The summed E-state index contributed by atoms with van der Waals surface area (Å²) < 4.78 is 12.4. The monoisotopic (exact) mass is 483 g/mol. The van der Waals surface area contributed by atoms with Gasteiger partial charge in [0.25, 0.3) is 5.91 Å². The molecule has 3 heterocycles. The minimum Gasteiger partial charge on any atom is -0.497 e. The number of nitrogens with zero attached hydrogens (tertiary/aromatic N) is 5. The molecule has 2 aliphatic heterocycles. The summed E-state index contributed by atoms with van der Waals surface area (Å²) in [5.74, 6) is 0.582. The fourth-order valence-electron chi connectivity index (χ4n) is 5.48. The lowest BCUT2D eigenvalue weighted by Gasteiger charge is -2.31. The van der Waals surface area contributed by atoms with Gasteiger partial charge in [0.05, 0.1) is 26.0 Å². The second kappa shape index (κ2) is 9.08. The van der Waals surface area contributed by atoms with E-state index in [1.54, 1.807) is 16.7 Å². The van der Waals surface area contributed by atoms with Crippen LogP contribution in [0.3, 0.4) is 0 Å². The predicted molar refractivity (Wildman–Crippen MR) is 135 cm³/mol. The Morgan fingerprint density at radius 2 is 1.72 bits per heavy atom. The highest BCUT2D eigenvalue weighted by molar-refractivity contribution is 6.07. The molecule has 0 N–H and O–H groups in total. The van der Waals surface area contributed by atoms with Gasteiger partial charge in [-0.05, 0) is 61.2 Å². The quantitative estimate of drug-likeness (QED) is 0.535. The van der Waals surface area contributed by atoms with Gasteiger partial charge in [-0.3, -0.25) is 9.69 Å². The van der Waals surface area contributed by atoms with Crippen molar-refractivity contribution in [3.63, 3.8) is 0 Å². The molecule has 0 radical (unpaired) electrons. The number of morpholine rings is 1. The number of ether oxygens (including phenoxy) is 2. The zero-order valence-corrected chi connectivity index (χ0v) is 20.4. The van der Waals surface area contributed by atoms with Crippen molar-refractivity contribution in [1.82, 2.24) is 14.7 Å². The van der Waals surface area contributed by atoms with Gasteiger partial charge in [0.1, 0.15) is 17.5 Å². The van der Waals surface area contributed by atoms with Gasteiger partial charge in [0, 0.05) is 42.8 Å². The van der Waals surface area contributed by atoms with Gasteiger partial charge in [-0.2, -0.15) is 10.4 Å². The molecule has 1 aromatic heterocycles. The van der Waals surface area contributed by atoms with Crippen molar-refractivity contribution in [3.8, 4) is 17.5 Å². The lowest BCUT2D eigenvalue weighted by molar-refractivity contribution is 0.0336. The van der Waals surface area contributed by atoms with Gasteiger partial charge < -0.3 is 14.4 Å². The summed E-state index contributed by atoms with van der Waals surface area (Å²) in [4.78, 5) is 18.0. The largest absolute Gasteiger partial charge is 0.497 e. The van der Waals surface area contributed by atoms with Crippen molar-refractivity contribution in [2.24, 2.45) is 0 Å². The Morgan fingerprint density at radius 1 is 1.03 bits per heavy atom. The molecule has 0 unspecified atom stereocenters. The van der Waals surface area contributed by atoms with Crippen LogP contribution in [-0.2, 0) is 16.6 Å². The Hall–Kier alpha value is -3.67. The van der Waals surface area contributed by atoms with E-state index in [1.165, 1.54) is 18.4 Å². The van der Waals surface area contributed by atoms with E-state index >= 15 is 0 Å². The highest BCUT2D eigenvalue weighted by Crippen LogP contribution is 2.49. The highest BCUT2D eigenvalue weighted by Gasteiger charge is 2.45. The molecule has 6 rings (SSSR count). The molecule has 1 saturated carbocycles. The number of aromatic nitrogens is 2. The maximum atomic E-state index is 13.7. The molecule has 0 spiro atoms. The molecular weight excluding hydrogens is 454 g/mol. The van der Waals surface area contributed by atoms with Crippen LogP contribution in [0, 0.1) is 11.3 Å². The number of rotatable bonds is 6. The van der Waals surface area contributed by atoms with E-state index < -0.39 is 0 Å². The minimum atomic E-state index is -0.136. The van der Waals surface area contributed by atoms with E-state index in [4.69, 9.17) is 9.47 Å². The molecule has 8 heteroatoms. The average Bonchev–Trinajstić information content (AvgIpc) is 3.61. The number of hydrogen-bond acceptors (Lipinski definition) is 6. The van der Waals surface area contributed by atoms with Gasteiger partial charge in [0.2, 0.25) is 0 Å². The summed E-state index contributed by atoms with van der Waals surface area (Å²) in [6.45, 7) is 5.21. The first-order chi connectivity index (χ1) is 17.6. The summed E-state index contributed by atoms with van der Waals surface area (Å²) in [7, 11) is 1.61. The lowest BCUT2D eigenvalue weighted by Crippen LogP contribution is -2.41. The third-order valence-electron chi connectivity index (χ3n) is 7.71. The standard InChI is InChI=1S/C28H29N5O3/c1-35-23-8-6-22(7-9-23)33-26-24(25(18-29)30-33)10-13-32(27(26)34)21-4-2-20(3-5-21)28(11-12-28)19-31-14-16-36-17-15-31/h2-9H,10-17,19H2,1H3. The Labute approximate surface area is 210 Å². The van der Waals surface area contributed by atoms with Crippen LogP contribution in [0.25, 0.3) is 5.69 Å². The number of anilines is 1. The van der Waals surface area contributed by atoms with Crippen molar-refractivity contribution >= 4 is 11.6 Å². The zero-order chi connectivity index (χ0) is 24.7. The molecule has 1 aliphatic carbocycles. The molecule has 1 amide bonds. The molecule has 0 atom stereocenters. The third kappa shape index (κ3) is 3.94. The summed E-state index contributed by atoms with van der Waals surface area (Å²) in [6.07, 6.45) is 2.99. The summed E-state index contributed by atoms with van der Waals surface area (Å²) in [5.41, 5.74) is 4.65. The van der Waals surface area contributed by atoms with E-state index in [0.717, 1.165) is 50.0 Å². The van der Waals surface area contributed by atoms with Crippen LogP contribution in [-0.4, -0.2) is 67.1 Å². The second-order valence-electron chi connectivity index (χ2n) is 9.82. The summed E-state index contributed by atoms with van der Waals surface area (Å²) in [6, 6.07) is 18.0. The smallest absolute Gasteiger partial charge is 0.277 e. The van der Waals surface area contributed by atoms with Crippen LogP contribution in [0.1, 0.15) is 40.2 Å². The first-order valence-electron chi connectivity index (χ1n) is 12.5. The summed E-state index contributed by atoms with van der Waals surface area (Å²) >= 11 is 0. The van der Waals surface area contributed by atoms with E-state index in [1.807, 2.05) is 24.3 Å². The Balaban J connectivity index is 1.26. The van der Waals surface area contributed by atoms with Crippen LogP contribution >= 0.6 is 0 Å². The van der Waals surface area contributed by atoms with E-state index in [2.05, 4.69) is 40.3 Å². The number of hydrogen-bond donors (Lipinski definition) is 0. The van der Waals surface area contributed by atoms with Gasteiger partial charge in [-0.25, -0.2) is 4.68 Å². The number of amides is 1. The number of carbonyl (C=O) groups excluding carboxylic acids is 1. The normalized spacial score (nSPS) is 19.0. The first kappa shape index (κ1) is 22.8. The fraction of sp³-hybridized carbons (Fsp3) is 0.393. The van der Waals surface area contributed by atoms with E-state index in [0.29, 0.717) is 29.9 Å². The number of carbonyl (C=O) groups is 1. The molecule has 2 aromatic carbocycles. The number of methoxy groups -OCH3 is 1. The topological polar surface area (TPSA) is 83.6 Å². The Kier molecular flexibility index (Phi) is 5.75. The Morgan fingerprint density at radius 3 is 2.36 bits per heavy atom. The second-order valence-corrected chi connectivity index (χ2v) is 9.82. The van der Waals surface area contributed by atoms with Crippen molar-refractivity contribution in [2.75, 3.05) is 51.4 Å². The van der Waals surface area contributed by atoms with Gasteiger partial charge >= 0.3 is 0 Å². The van der Waals surface area contributed by atoms with Crippen LogP contribution in [0.4, 0.5) is 5.69 Å². The van der Waals surface area contributed by atoms with Crippen LogP contribution in [0.15, 0.2) is 48.5 Å². The van der Waals surface area contributed by atoms with Crippen molar-refractivity contribution in [3.05, 3.63) is 71.0 Å². The molecule has 1 saturated heterocycles. The minimum absolute atomic E-state index is 0.136. The van der Waals surface area contributed by atoms with E-state index in [9.17, 15) is 10.1 Å². The molecule has 2 fully saturated rings. The molecule has 184 valence electrons. The van der Waals surface area contributed by atoms with Gasteiger partial charge in [0.15, 0.2) is 5.69 Å². The number of benzene rings is 2. The maximum absolute atomic E-state index is 13.7. The maximum Gasteiger partial charge on any atom is 0.277 e. The van der Waals surface area contributed by atoms with Crippen LogP contribution in [0.2, 0.25) is 0 Å². The van der Waals surface area contributed by atoms with Crippen molar-refractivity contribution < 1.29 is 14.3 Å². The Bertz CT molecular complexity index is 1310. The molecule has 36 heavy (non-hydrogen) atoms. The SMILES string of the molecule is COc1ccc(-n2nc(C#N)c3c2C(=O)N(c2ccc(C4(CN5CCOCC5)CC4)cc2)CC3)cc1. The first-order valence-corrected chi connectivity index (χ1v) is 12.5. The third-order valence-corrected chi connectivity index (χ3v) is 7.71. The fourth-order valence-corrected chi connectivity index (χ4v) is 5.48. The molecule has 8 nitrogen and oxygen atoms in total. The highest BCUT2D eigenvalue weighted by atomic mass is 16.5. The predicted octanol–water partition coefficient (Wildman–Crippen LogP) is 3.32. The van der Waals surface area contributed by atoms with Crippen LogP contribution in [0.5, 0.6) is 5.75 Å². The van der Waals surface area contributed by atoms with Crippen LogP contribution < -0.4 is 9.64 Å². The average molecular weight is 484 g/mol. The molecule has 3 aliphatic rings. The molecule has 3 aromatic rings. The lowest BCUT2D eigenvalue weighted by atomic mass is 9.94. The van der Waals surface area contributed by atoms with Crippen molar-refractivity contribution in [2.45, 2.75) is 24.7 Å². The van der Waals surface area contributed by atoms with E-state index in [-0.39, 0.29) is 11.3 Å². The number of fused-ring (bicyclic) bond motifs is 1. The molecule has 0 bridgehead atoms. The summed E-state index contributed by atoms with van der Waals surface area (Å²) in [5, 5.41) is 14.1.